The van der Waals surface area contributed by atoms with Crippen LogP contribution < -0.4 is 0 Å². The highest BCUT2D eigenvalue weighted by Gasteiger charge is 2.24. The van der Waals surface area contributed by atoms with E-state index in [9.17, 15) is 19.8 Å². The Balaban J connectivity index is 1.60. The van der Waals surface area contributed by atoms with Crippen LogP contribution in [0.1, 0.15) is 69.4 Å². The van der Waals surface area contributed by atoms with Crippen molar-refractivity contribution >= 4 is 11.9 Å². The molecule has 0 aromatic heterocycles. The lowest BCUT2D eigenvalue weighted by Gasteiger charge is -2.21. The summed E-state index contributed by atoms with van der Waals surface area (Å²) in [5.41, 5.74) is 6.99. The number of carboxylic acids is 2. The highest BCUT2D eigenvalue weighted by molar-refractivity contribution is 5.90. The number of aliphatic carboxylic acids is 1. The molecule has 0 saturated carbocycles. The third-order valence-electron chi connectivity index (χ3n) is 6.51. The molecule has 29 heavy (non-hydrogen) atoms. The minimum Gasteiger partial charge on any atom is -0.481 e. The summed E-state index contributed by atoms with van der Waals surface area (Å²) in [7, 11) is 0. The summed E-state index contributed by atoms with van der Waals surface area (Å²) in [6.45, 7) is 0. The van der Waals surface area contributed by atoms with Gasteiger partial charge in [0, 0.05) is 0 Å². The number of carboxylic acid groups (broad SMARTS) is 2. The fourth-order valence-corrected chi connectivity index (χ4v) is 4.92. The number of aromatic carboxylic acids is 1. The summed E-state index contributed by atoms with van der Waals surface area (Å²) in [5, 5.41) is 19.5. The summed E-state index contributed by atoms with van der Waals surface area (Å²) >= 11 is 0. The van der Waals surface area contributed by atoms with Crippen LogP contribution in [0.4, 0.5) is 0 Å². The summed E-state index contributed by atoms with van der Waals surface area (Å²) in [4.78, 5) is 23.8. The van der Waals surface area contributed by atoms with Crippen molar-refractivity contribution < 1.29 is 19.8 Å². The first-order valence-electron chi connectivity index (χ1n) is 10.7. The average molecular weight is 392 g/mol. The predicted molar refractivity (Wildman–Crippen MR) is 112 cm³/mol. The molecule has 0 saturated heterocycles. The van der Waals surface area contributed by atoms with Crippen LogP contribution in [0.25, 0.3) is 0 Å². The Morgan fingerprint density at radius 1 is 0.759 bits per heavy atom. The molecule has 2 N–H and O–H groups in total. The van der Waals surface area contributed by atoms with Crippen LogP contribution in [-0.2, 0) is 43.3 Å². The van der Waals surface area contributed by atoms with E-state index < -0.39 is 17.9 Å². The molecule has 4 rings (SSSR count). The molecule has 2 aliphatic rings. The van der Waals surface area contributed by atoms with Gasteiger partial charge in [0.25, 0.3) is 0 Å². The largest absolute Gasteiger partial charge is 0.481 e. The normalized spacial score (nSPS) is 16.6. The minimum atomic E-state index is -0.966. The summed E-state index contributed by atoms with van der Waals surface area (Å²) in [5.74, 6) is -2.46. The fraction of sp³-hybridized carbons (Fsp3) is 0.440. The summed E-state index contributed by atoms with van der Waals surface area (Å²) in [6, 6.07) is 10.1. The zero-order chi connectivity index (χ0) is 20.4. The molecule has 0 radical (unpaired) electrons. The third kappa shape index (κ3) is 4.36. The van der Waals surface area contributed by atoms with Crippen LogP contribution in [-0.4, -0.2) is 22.2 Å². The van der Waals surface area contributed by atoms with Crippen molar-refractivity contribution in [3.8, 4) is 0 Å². The highest BCUT2D eigenvalue weighted by atomic mass is 16.4. The molecule has 1 atom stereocenters. The molecular formula is C25H28O4. The lowest BCUT2D eigenvalue weighted by molar-refractivity contribution is -0.141. The molecule has 0 spiro atoms. The van der Waals surface area contributed by atoms with Crippen LogP contribution in [0.15, 0.2) is 30.3 Å². The summed E-state index contributed by atoms with van der Waals surface area (Å²) in [6.07, 6.45) is 9.32. The van der Waals surface area contributed by atoms with Gasteiger partial charge in [0.1, 0.15) is 0 Å². The zero-order valence-corrected chi connectivity index (χ0v) is 16.7. The number of hydrogen-bond acceptors (Lipinski definition) is 2. The van der Waals surface area contributed by atoms with Gasteiger partial charge in [-0.1, -0.05) is 24.3 Å². The van der Waals surface area contributed by atoms with Crippen LogP contribution in [0.3, 0.4) is 0 Å². The highest BCUT2D eigenvalue weighted by Crippen LogP contribution is 2.28. The molecular weight excluding hydrogens is 364 g/mol. The maximum absolute atomic E-state index is 12.0. The van der Waals surface area contributed by atoms with E-state index in [4.69, 9.17) is 0 Å². The van der Waals surface area contributed by atoms with Crippen LogP contribution in [0.5, 0.6) is 0 Å². The topological polar surface area (TPSA) is 74.6 Å². The van der Waals surface area contributed by atoms with E-state index in [-0.39, 0.29) is 12.0 Å². The number of fused-ring (bicyclic) bond motifs is 2. The molecule has 0 amide bonds. The molecule has 0 heterocycles. The smallest absolute Gasteiger partial charge is 0.335 e. The van der Waals surface area contributed by atoms with E-state index in [1.54, 1.807) is 6.07 Å². The van der Waals surface area contributed by atoms with Crippen LogP contribution >= 0.6 is 0 Å². The Bertz CT molecular complexity index is 944. The van der Waals surface area contributed by atoms with E-state index >= 15 is 0 Å². The second-order valence-electron chi connectivity index (χ2n) is 8.54. The standard InChI is InChI=1S/C25H28O4/c26-24(27)22(12-16-9-10-17-5-1-2-6-18(17)11-16)14-21-13-19-7-3-4-8-20(19)15-23(21)25(28)29/h9-11,13,15,22H,1-8,12,14H2,(H,26,27)(H,28,29). The van der Waals surface area contributed by atoms with E-state index in [1.807, 2.05) is 12.1 Å². The molecule has 4 heteroatoms. The van der Waals surface area contributed by atoms with Crippen LogP contribution in [0.2, 0.25) is 0 Å². The number of rotatable bonds is 6. The van der Waals surface area contributed by atoms with Crippen molar-refractivity contribution in [2.24, 2.45) is 5.92 Å². The van der Waals surface area contributed by atoms with Gasteiger partial charge in [-0.25, -0.2) is 4.79 Å². The van der Waals surface area contributed by atoms with E-state index in [0.29, 0.717) is 12.0 Å². The first-order valence-corrected chi connectivity index (χ1v) is 10.7. The molecule has 0 bridgehead atoms. The Morgan fingerprint density at radius 3 is 1.97 bits per heavy atom. The molecule has 4 nitrogen and oxygen atoms in total. The first-order chi connectivity index (χ1) is 14.0. The van der Waals surface area contributed by atoms with Gasteiger partial charge >= 0.3 is 11.9 Å². The van der Waals surface area contributed by atoms with Crippen molar-refractivity contribution in [3.05, 3.63) is 69.3 Å². The van der Waals surface area contributed by atoms with Crippen molar-refractivity contribution in [2.45, 2.75) is 64.2 Å². The van der Waals surface area contributed by atoms with E-state index in [0.717, 1.165) is 49.7 Å². The predicted octanol–water partition coefficient (Wildman–Crippen LogP) is 4.63. The number of carbonyl (C=O) groups is 2. The quantitative estimate of drug-likeness (QED) is 0.752. The Morgan fingerprint density at radius 2 is 1.34 bits per heavy atom. The second-order valence-corrected chi connectivity index (χ2v) is 8.54. The molecule has 2 aromatic carbocycles. The zero-order valence-electron chi connectivity index (χ0n) is 16.7. The maximum Gasteiger partial charge on any atom is 0.335 e. The Labute approximate surface area is 171 Å². The number of hydrogen-bond donors (Lipinski definition) is 2. The number of benzene rings is 2. The lowest BCUT2D eigenvalue weighted by atomic mass is 9.83. The minimum absolute atomic E-state index is 0.251. The first kappa shape index (κ1) is 19.7. The molecule has 2 aromatic rings. The van der Waals surface area contributed by atoms with Crippen LogP contribution in [0, 0.1) is 5.92 Å². The Hall–Kier alpha value is -2.62. The lowest BCUT2D eigenvalue weighted by Crippen LogP contribution is -2.21. The monoisotopic (exact) mass is 392 g/mol. The van der Waals surface area contributed by atoms with Gasteiger partial charge in [0.15, 0.2) is 0 Å². The van der Waals surface area contributed by atoms with Crippen molar-refractivity contribution in [1.29, 1.82) is 0 Å². The van der Waals surface area contributed by atoms with Gasteiger partial charge in [-0.2, -0.15) is 0 Å². The molecule has 0 fully saturated rings. The van der Waals surface area contributed by atoms with Gasteiger partial charge < -0.3 is 10.2 Å². The molecule has 1 unspecified atom stereocenters. The van der Waals surface area contributed by atoms with Gasteiger partial charge in [0.2, 0.25) is 0 Å². The van der Waals surface area contributed by atoms with Gasteiger partial charge in [0.05, 0.1) is 11.5 Å². The molecule has 152 valence electrons. The maximum atomic E-state index is 12.0. The third-order valence-corrected chi connectivity index (χ3v) is 6.51. The Kier molecular flexibility index (Phi) is 5.70. The molecule has 0 aliphatic heterocycles. The fourth-order valence-electron chi connectivity index (χ4n) is 4.92. The van der Waals surface area contributed by atoms with Crippen molar-refractivity contribution in [3.63, 3.8) is 0 Å². The molecule has 2 aliphatic carbocycles. The van der Waals surface area contributed by atoms with Crippen molar-refractivity contribution in [1.82, 2.24) is 0 Å². The second kappa shape index (κ2) is 8.40. The van der Waals surface area contributed by atoms with Gasteiger partial charge in [-0.3, -0.25) is 4.79 Å². The number of aryl methyl sites for hydroxylation is 4. The van der Waals surface area contributed by atoms with Crippen molar-refractivity contribution in [2.75, 3.05) is 0 Å². The van der Waals surface area contributed by atoms with E-state index in [1.165, 1.54) is 29.5 Å². The van der Waals surface area contributed by atoms with Gasteiger partial charge in [-0.15, -0.1) is 0 Å². The average Bonchev–Trinajstić information content (AvgIpc) is 2.72. The van der Waals surface area contributed by atoms with Gasteiger partial charge in [-0.05, 0) is 104 Å². The van der Waals surface area contributed by atoms with E-state index in [2.05, 4.69) is 12.1 Å². The summed E-state index contributed by atoms with van der Waals surface area (Å²) < 4.78 is 0. The SMILES string of the molecule is O=C(O)c1cc2c(cc1CC(Cc1ccc3c(c1)CCCC3)C(=O)O)CCCC2.